The maximum absolute atomic E-state index is 12.0. The fourth-order valence-electron chi connectivity index (χ4n) is 2.34. The lowest BCUT2D eigenvalue weighted by molar-refractivity contribution is -0.113. The Hall–Kier alpha value is -1.85. The second kappa shape index (κ2) is 6.74. The topological polar surface area (TPSA) is 54.0 Å². The molecule has 0 spiro atoms. The van der Waals surface area contributed by atoms with E-state index in [1.54, 1.807) is 12.4 Å². The van der Waals surface area contributed by atoms with E-state index < -0.39 is 0 Å². The molecule has 2 aromatic rings. The summed E-state index contributed by atoms with van der Waals surface area (Å²) in [6.45, 7) is 1.91. The average molecular weight is 299 g/mol. The molecular formula is C16H17N3OS. The van der Waals surface area contributed by atoms with Crippen LogP contribution in [0.1, 0.15) is 11.1 Å². The third-order valence-electron chi connectivity index (χ3n) is 3.40. The molecule has 5 heteroatoms. The molecule has 108 valence electrons. The maximum atomic E-state index is 12.0. The second-order valence-electron chi connectivity index (χ2n) is 4.93. The zero-order valence-corrected chi connectivity index (χ0v) is 12.5. The molecule has 21 heavy (non-hydrogen) atoms. The molecule has 0 bridgehead atoms. The number of nitrogens with zero attached hydrogens (tertiary/aromatic N) is 1. The van der Waals surface area contributed by atoms with Crippen LogP contribution in [0.25, 0.3) is 0 Å². The van der Waals surface area contributed by atoms with E-state index in [0.717, 1.165) is 30.1 Å². The van der Waals surface area contributed by atoms with Crippen molar-refractivity contribution in [3.63, 3.8) is 0 Å². The summed E-state index contributed by atoms with van der Waals surface area (Å²) in [6, 6.07) is 9.97. The fraction of sp³-hybridized carbons (Fsp3) is 0.250. The largest absolute Gasteiger partial charge is 0.325 e. The van der Waals surface area contributed by atoms with Gasteiger partial charge in [-0.3, -0.25) is 9.78 Å². The predicted octanol–water partition coefficient (Wildman–Crippen LogP) is 2.46. The number of nitrogens with one attached hydrogen (secondary N) is 2. The van der Waals surface area contributed by atoms with Crippen LogP contribution in [-0.2, 0) is 17.8 Å². The first-order valence-corrected chi connectivity index (χ1v) is 7.95. The molecule has 0 fully saturated rings. The third-order valence-corrected chi connectivity index (χ3v) is 4.41. The number of pyridine rings is 1. The van der Waals surface area contributed by atoms with E-state index in [1.807, 2.05) is 18.2 Å². The smallest absolute Gasteiger partial charge is 0.234 e. The van der Waals surface area contributed by atoms with Crippen LogP contribution in [0.5, 0.6) is 0 Å². The van der Waals surface area contributed by atoms with Gasteiger partial charge in [0.25, 0.3) is 0 Å². The number of anilines is 1. The Morgan fingerprint density at radius 3 is 2.95 bits per heavy atom. The number of carbonyl (C=O) groups excluding carboxylic acids is 1. The monoisotopic (exact) mass is 299 g/mol. The summed E-state index contributed by atoms with van der Waals surface area (Å²) >= 11 is 1.51. The molecule has 0 unspecified atom stereocenters. The van der Waals surface area contributed by atoms with E-state index in [2.05, 4.69) is 27.8 Å². The Kier molecular flexibility index (Phi) is 4.52. The highest BCUT2D eigenvalue weighted by Gasteiger charge is 2.10. The van der Waals surface area contributed by atoms with Crippen LogP contribution in [0.3, 0.4) is 0 Å². The lowest BCUT2D eigenvalue weighted by Crippen LogP contribution is -2.24. The van der Waals surface area contributed by atoms with Crippen molar-refractivity contribution >= 4 is 23.4 Å². The Morgan fingerprint density at radius 2 is 2.10 bits per heavy atom. The lowest BCUT2D eigenvalue weighted by atomic mass is 10.0. The van der Waals surface area contributed by atoms with E-state index in [1.165, 1.54) is 22.9 Å². The van der Waals surface area contributed by atoms with Crippen LogP contribution in [0, 0.1) is 0 Å². The van der Waals surface area contributed by atoms with Gasteiger partial charge in [0.05, 0.1) is 5.75 Å². The first-order valence-electron chi connectivity index (χ1n) is 6.96. The molecule has 3 rings (SSSR count). The molecule has 0 saturated heterocycles. The first kappa shape index (κ1) is 14.1. The maximum Gasteiger partial charge on any atom is 0.234 e. The molecule has 0 atom stereocenters. The minimum absolute atomic E-state index is 0.0144. The van der Waals surface area contributed by atoms with Gasteiger partial charge in [-0.05, 0) is 48.4 Å². The van der Waals surface area contributed by atoms with Crippen molar-refractivity contribution in [2.24, 2.45) is 0 Å². The molecule has 1 amide bonds. The average Bonchev–Trinajstić information content (AvgIpc) is 2.54. The summed E-state index contributed by atoms with van der Waals surface area (Å²) in [5.74, 6) is 0.417. The Labute approximate surface area is 128 Å². The van der Waals surface area contributed by atoms with Crippen LogP contribution in [0.2, 0.25) is 0 Å². The SMILES string of the molecule is O=C(CSc1ccncc1)Nc1ccc2c(c1)CNCC2. The van der Waals surface area contributed by atoms with Crippen molar-refractivity contribution in [2.45, 2.75) is 17.9 Å². The molecule has 2 heterocycles. The van der Waals surface area contributed by atoms with Gasteiger partial charge in [0.15, 0.2) is 0 Å². The van der Waals surface area contributed by atoms with Gasteiger partial charge in [-0.15, -0.1) is 11.8 Å². The summed E-state index contributed by atoms with van der Waals surface area (Å²) in [4.78, 5) is 17.0. The Morgan fingerprint density at radius 1 is 1.24 bits per heavy atom. The number of fused-ring (bicyclic) bond motifs is 1. The highest BCUT2D eigenvalue weighted by molar-refractivity contribution is 8.00. The number of rotatable bonds is 4. The molecule has 0 radical (unpaired) electrons. The summed E-state index contributed by atoms with van der Waals surface area (Å²) in [5.41, 5.74) is 3.52. The van der Waals surface area contributed by atoms with E-state index in [0.29, 0.717) is 5.75 Å². The van der Waals surface area contributed by atoms with Crippen LogP contribution in [-0.4, -0.2) is 23.2 Å². The minimum Gasteiger partial charge on any atom is -0.325 e. The zero-order valence-electron chi connectivity index (χ0n) is 11.6. The van der Waals surface area contributed by atoms with Crippen LogP contribution < -0.4 is 10.6 Å². The predicted molar refractivity (Wildman–Crippen MR) is 85.4 cm³/mol. The highest BCUT2D eigenvalue weighted by Crippen LogP contribution is 2.20. The molecule has 1 aliphatic rings. The van der Waals surface area contributed by atoms with Crippen molar-refractivity contribution in [3.05, 3.63) is 53.9 Å². The van der Waals surface area contributed by atoms with Crippen molar-refractivity contribution in [1.29, 1.82) is 0 Å². The number of hydrogen-bond donors (Lipinski definition) is 2. The van der Waals surface area contributed by atoms with Gasteiger partial charge in [0, 0.05) is 29.5 Å². The van der Waals surface area contributed by atoms with Gasteiger partial charge in [0.1, 0.15) is 0 Å². The number of carbonyl (C=O) groups is 1. The van der Waals surface area contributed by atoms with Gasteiger partial charge < -0.3 is 10.6 Å². The molecule has 2 N–H and O–H groups in total. The quantitative estimate of drug-likeness (QED) is 0.852. The van der Waals surface area contributed by atoms with Gasteiger partial charge >= 0.3 is 0 Å². The van der Waals surface area contributed by atoms with E-state index in [-0.39, 0.29) is 5.91 Å². The molecule has 1 aromatic carbocycles. The molecule has 1 aromatic heterocycles. The Balaban J connectivity index is 1.57. The number of benzene rings is 1. The second-order valence-corrected chi connectivity index (χ2v) is 5.98. The highest BCUT2D eigenvalue weighted by atomic mass is 32.2. The summed E-state index contributed by atoms with van der Waals surface area (Å²) in [7, 11) is 0. The van der Waals surface area contributed by atoms with Crippen molar-refractivity contribution < 1.29 is 4.79 Å². The van der Waals surface area contributed by atoms with Crippen molar-refractivity contribution in [1.82, 2.24) is 10.3 Å². The Bertz CT molecular complexity index is 631. The van der Waals surface area contributed by atoms with Crippen LogP contribution in [0.15, 0.2) is 47.6 Å². The van der Waals surface area contributed by atoms with E-state index in [4.69, 9.17) is 0 Å². The van der Waals surface area contributed by atoms with Gasteiger partial charge in [-0.1, -0.05) is 6.07 Å². The molecular weight excluding hydrogens is 282 g/mol. The number of hydrogen-bond acceptors (Lipinski definition) is 4. The number of thioether (sulfide) groups is 1. The standard InChI is InChI=1S/C16H17N3OS/c20-16(11-21-15-4-7-17-8-5-15)19-14-2-1-12-3-6-18-10-13(12)9-14/h1-2,4-5,7-9,18H,3,6,10-11H2,(H,19,20). The van der Waals surface area contributed by atoms with Crippen LogP contribution >= 0.6 is 11.8 Å². The number of aromatic nitrogens is 1. The van der Waals surface area contributed by atoms with Gasteiger partial charge in [-0.25, -0.2) is 0 Å². The molecule has 4 nitrogen and oxygen atoms in total. The van der Waals surface area contributed by atoms with E-state index in [9.17, 15) is 4.79 Å². The molecule has 0 saturated carbocycles. The normalized spacial score (nSPS) is 13.5. The van der Waals surface area contributed by atoms with Gasteiger partial charge in [0.2, 0.25) is 5.91 Å². The van der Waals surface area contributed by atoms with Crippen molar-refractivity contribution in [2.75, 3.05) is 17.6 Å². The summed E-state index contributed by atoms with van der Waals surface area (Å²) in [5, 5.41) is 6.30. The van der Waals surface area contributed by atoms with Crippen LogP contribution in [0.4, 0.5) is 5.69 Å². The minimum atomic E-state index is 0.0144. The van der Waals surface area contributed by atoms with Gasteiger partial charge in [-0.2, -0.15) is 0 Å². The third kappa shape index (κ3) is 3.83. The van der Waals surface area contributed by atoms with Crippen molar-refractivity contribution in [3.8, 4) is 0 Å². The molecule has 1 aliphatic heterocycles. The zero-order chi connectivity index (χ0) is 14.5. The summed E-state index contributed by atoms with van der Waals surface area (Å²) < 4.78 is 0. The number of amides is 1. The fourth-order valence-corrected chi connectivity index (χ4v) is 3.02. The lowest BCUT2D eigenvalue weighted by Gasteiger charge is -2.18. The first-order chi connectivity index (χ1) is 10.3. The molecule has 0 aliphatic carbocycles. The summed E-state index contributed by atoms with van der Waals surface area (Å²) in [6.07, 6.45) is 4.52. The van der Waals surface area contributed by atoms with E-state index >= 15 is 0 Å².